The Morgan fingerprint density at radius 3 is 2.15 bits per heavy atom. The molecule has 2 atom stereocenters. The molecule has 4 nitrogen and oxygen atoms in total. The highest BCUT2D eigenvalue weighted by atomic mass is 16.3. The van der Waals surface area contributed by atoms with Crippen LogP contribution in [-0.2, 0) is 9.59 Å². The number of carbonyl (C=O) groups excluding carboxylic acids is 2. The molecule has 4 heteroatoms. The van der Waals surface area contributed by atoms with Gasteiger partial charge in [0.2, 0.25) is 0 Å². The Labute approximate surface area is 118 Å². The summed E-state index contributed by atoms with van der Waals surface area (Å²) in [4.78, 5) is 24.8. The first kappa shape index (κ1) is 15.7. The quantitative estimate of drug-likeness (QED) is 0.610. The van der Waals surface area contributed by atoms with Crippen molar-refractivity contribution in [2.75, 3.05) is 0 Å². The van der Waals surface area contributed by atoms with Crippen molar-refractivity contribution < 1.29 is 19.8 Å². The number of ketones is 2. The number of hydrogen-bond acceptors (Lipinski definition) is 4. The molecule has 0 aromatic rings. The van der Waals surface area contributed by atoms with Crippen molar-refractivity contribution in [2.24, 2.45) is 11.8 Å². The largest absolute Gasteiger partial charge is 0.509 e. The minimum absolute atomic E-state index is 0.00607. The highest BCUT2D eigenvalue weighted by Crippen LogP contribution is 2.34. The lowest BCUT2D eigenvalue weighted by atomic mass is 9.73. The van der Waals surface area contributed by atoms with E-state index in [1.54, 1.807) is 19.1 Å². The Balaban J connectivity index is 3.63. The average Bonchev–Trinajstić information content (AvgIpc) is 2.41. The molecule has 20 heavy (non-hydrogen) atoms. The van der Waals surface area contributed by atoms with Crippen molar-refractivity contribution in [2.45, 2.75) is 13.8 Å². The van der Waals surface area contributed by atoms with Crippen LogP contribution in [0.2, 0.25) is 0 Å². The Hall–Kier alpha value is -2.36. The van der Waals surface area contributed by atoms with Gasteiger partial charge in [0.25, 0.3) is 0 Å². The Morgan fingerprint density at radius 2 is 1.75 bits per heavy atom. The SMILES string of the molecule is C=CC1=C(/C(O)=C(\C)O)C(=O)C(/C=C\C)C(C=C)C1=O. The van der Waals surface area contributed by atoms with Crippen LogP contribution in [0, 0.1) is 11.8 Å². The maximum Gasteiger partial charge on any atom is 0.175 e. The van der Waals surface area contributed by atoms with Crippen LogP contribution in [-0.4, -0.2) is 21.8 Å². The van der Waals surface area contributed by atoms with E-state index < -0.39 is 29.1 Å². The van der Waals surface area contributed by atoms with Crippen molar-refractivity contribution in [1.29, 1.82) is 0 Å². The monoisotopic (exact) mass is 274 g/mol. The minimum Gasteiger partial charge on any atom is -0.509 e. The Bertz CT molecular complexity index is 557. The van der Waals surface area contributed by atoms with Crippen LogP contribution in [0.15, 0.2) is 60.1 Å². The molecule has 0 amide bonds. The van der Waals surface area contributed by atoms with Gasteiger partial charge < -0.3 is 10.2 Å². The molecule has 106 valence electrons. The Kier molecular flexibility index (Phi) is 4.86. The first-order chi connectivity index (χ1) is 9.40. The third kappa shape index (κ3) is 2.50. The zero-order chi connectivity index (χ0) is 15.4. The van der Waals surface area contributed by atoms with Gasteiger partial charge in [0.05, 0.1) is 17.4 Å². The second kappa shape index (κ2) is 6.19. The number of aliphatic hydroxyl groups excluding tert-OH is 2. The molecule has 2 N–H and O–H groups in total. The summed E-state index contributed by atoms with van der Waals surface area (Å²) in [5, 5.41) is 19.3. The maximum atomic E-state index is 12.5. The van der Waals surface area contributed by atoms with Gasteiger partial charge in [-0.25, -0.2) is 0 Å². The van der Waals surface area contributed by atoms with Crippen molar-refractivity contribution in [3.63, 3.8) is 0 Å². The third-order valence-electron chi connectivity index (χ3n) is 3.21. The lowest BCUT2D eigenvalue weighted by Gasteiger charge is -2.27. The molecule has 0 saturated heterocycles. The molecule has 0 spiro atoms. The van der Waals surface area contributed by atoms with Crippen LogP contribution in [0.5, 0.6) is 0 Å². The van der Waals surface area contributed by atoms with Crippen LogP contribution in [0.3, 0.4) is 0 Å². The van der Waals surface area contributed by atoms with Crippen LogP contribution in [0.25, 0.3) is 0 Å². The molecule has 0 aromatic heterocycles. The molecule has 0 saturated carbocycles. The molecular weight excluding hydrogens is 256 g/mol. The van der Waals surface area contributed by atoms with Gasteiger partial charge in [-0.2, -0.15) is 0 Å². The highest BCUT2D eigenvalue weighted by molar-refractivity contribution is 6.18. The highest BCUT2D eigenvalue weighted by Gasteiger charge is 2.40. The fourth-order valence-corrected chi connectivity index (χ4v) is 2.22. The summed E-state index contributed by atoms with van der Waals surface area (Å²) in [5.41, 5.74) is -0.183. The van der Waals surface area contributed by atoms with Gasteiger partial charge in [-0.3, -0.25) is 9.59 Å². The van der Waals surface area contributed by atoms with Gasteiger partial charge >= 0.3 is 0 Å². The molecule has 0 aliphatic heterocycles. The minimum atomic E-state index is -0.731. The van der Waals surface area contributed by atoms with Crippen molar-refractivity contribution in [1.82, 2.24) is 0 Å². The van der Waals surface area contributed by atoms with Crippen molar-refractivity contribution in [3.8, 4) is 0 Å². The van der Waals surface area contributed by atoms with Crippen molar-refractivity contribution in [3.05, 3.63) is 60.1 Å². The summed E-state index contributed by atoms with van der Waals surface area (Å²) in [6.07, 6.45) is 5.89. The van der Waals surface area contributed by atoms with Gasteiger partial charge in [-0.1, -0.05) is 30.9 Å². The van der Waals surface area contributed by atoms with Gasteiger partial charge in [-0.05, 0) is 13.8 Å². The third-order valence-corrected chi connectivity index (χ3v) is 3.21. The molecule has 0 radical (unpaired) electrons. The second-order valence-electron chi connectivity index (χ2n) is 4.47. The number of Topliss-reactive ketones (excluding diaryl/α,β-unsaturated/α-hetero) is 2. The summed E-state index contributed by atoms with van der Waals surface area (Å²) in [6, 6.07) is 0. The number of aliphatic hydroxyl groups is 2. The van der Waals surface area contributed by atoms with Crippen molar-refractivity contribution >= 4 is 11.6 Å². The summed E-state index contributed by atoms with van der Waals surface area (Å²) in [7, 11) is 0. The fourth-order valence-electron chi connectivity index (χ4n) is 2.22. The Morgan fingerprint density at radius 1 is 1.15 bits per heavy atom. The fraction of sp³-hybridized carbons (Fsp3) is 0.250. The first-order valence-electron chi connectivity index (χ1n) is 6.20. The smallest absolute Gasteiger partial charge is 0.175 e. The molecule has 0 heterocycles. The van der Waals surface area contributed by atoms with Gasteiger partial charge in [-0.15, -0.1) is 6.58 Å². The topological polar surface area (TPSA) is 74.6 Å². The first-order valence-corrected chi connectivity index (χ1v) is 6.20. The number of rotatable bonds is 4. The zero-order valence-electron chi connectivity index (χ0n) is 11.6. The number of hydrogen-bond donors (Lipinski definition) is 2. The molecule has 2 unspecified atom stereocenters. The molecule has 0 bridgehead atoms. The van der Waals surface area contributed by atoms with E-state index >= 15 is 0 Å². The number of carbonyl (C=O) groups is 2. The summed E-state index contributed by atoms with van der Waals surface area (Å²) >= 11 is 0. The van der Waals surface area contributed by atoms with E-state index in [2.05, 4.69) is 13.2 Å². The normalized spacial score (nSPS) is 24.9. The molecule has 1 aliphatic carbocycles. The number of allylic oxidation sites excluding steroid dienone is 7. The van der Waals surface area contributed by atoms with E-state index in [-0.39, 0.29) is 16.9 Å². The molecule has 0 fully saturated rings. The zero-order valence-corrected chi connectivity index (χ0v) is 11.6. The molecule has 1 aliphatic rings. The molecular formula is C16H18O4. The molecule has 1 rings (SSSR count). The van der Waals surface area contributed by atoms with E-state index in [1.165, 1.54) is 19.1 Å². The summed E-state index contributed by atoms with van der Waals surface area (Å²) in [5.74, 6) is -3.21. The van der Waals surface area contributed by atoms with Crippen LogP contribution >= 0.6 is 0 Å². The predicted octanol–water partition coefficient (Wildman–Crippen LogP) is 2.96. The van der Waals surface area contributed by atoms with Crippen LogP contribution in [0.1, 0.15) is 13.8 Å². The lowest BCUT2D eigenvalue weighted by molar-refractivity contribution is -0.127. The van der Waals surface area contributed by atoms with E-state index in [0.29, 0.717) is 0 Å². The summed E-state index contributed by atoms with van der Waals surface area (Å²) in [6.45, 7) is 10.1. The van der Waals surface area contributed by atoms with E-state index in [4.69, 9.17) is 0 Å². The predicted molar refractivity (Wildman–Crippen MR) is 77.2 cm³/mol. The van der Waals surface area contributed by atoms with Gasteiger partial charge in [0, 0.05) is 5.57 Å². The second-order valence-corrected chi connectivity index (χ2v) is 4.47. The van der Waals surface area contributed by atoms with Crippen LogP contribution < -0.4 is 0 Å². The standard InChI is InChI=1S/C16H18O4/c1-5-8-12-10(6-2)15(19)11(7-3)13(16(12)20)14(18)9(4)17/h5-8,10,12,17-18H,2-3H2,1,4H3/b8-5-,14-9-. The molecule has 0 aromatic carbocycles. The van der Waals surface area contributed by atoms with Gasteiger partial charge in [0.15, 0.2) is 17.3 Å². The lowest BCUT2D eigenvalue weighted by Crippen LogP contribution is -2.36. The van der Waals surface area contributed by atoms with E-state index in [1.807, 2.05) is 0 Å². The summed E-state index contributed by atoms with van der Waals surface area (Å²) < 4.78 is 0. The maximum absolute atomic E-state index is 12.5. The van der Waals surface area contributed by atoms with Crippen LogP contribution in [0.4, 0.5) is 0 Å². The average molecular weight is 274 g/mol. The van der Waals surface area contributed by atoms with E-state index in [9.17, 15) is 19.8 Å². The van der Waals surface area contributed by atoms with E-state index in [0.717, 1.165) is 0 Å². The van der Waals surface area contributed by atoms with Gasteiger partial charge in [0.1, 0.15) is 5.76 Å².